The van der Waals surface area contributed by atoms with Crippen LogP contribution in [-0.2, 0) is 19.9 Å². The Hall–Kier alpha value is -4.96. The van der Waals surface area contributed by atoms with E-state index in [1.165, 1.54) is 18.5 Å². The molecular weight excluding hydrogens is 486 g/mol. The number of carbonyl (C=O) groups excluding carboxylic acids is 1. The number of hydrogen-bond donors (Lipinski definition) is 2. The molecule has 1 fully saturated rings. The molecule has 192 valence electrons. The van der Waals surface area contributed by atoms with E-state index in [1.54, 1.807) is 16.5 Å². The van der Waals surface area contributed by atoms with Crippen molar-refractivity contribution in [3.63, 3.8) is 0 Å². The number of ether oxygens (including phenoxy) is 2. The number of carboxylic acids is 1. The number of carboxylic acid groups (broad SMARTS) is 1. The van der Waals surface area contributed by atoms with Gasteiger partial charge in [-0.1, -0.05) is 36.9 Å². The van der Waals surface area contributed by atoms with Crippen molar-refractivity contribution in [2.75, 3.05) is 25.9 Å². The molecule has 10 nitrogen and oxygen atoms in total. The van der Waals surface area contributed by atoms with Crippen LogP contribution in [0.3, 0.4) is 0 Å². The summed E-state index contributed by atoms with van der Waals surface area (Å²) < 4.78 is 13.5. The third-order valence-electron chi connectivity index (χ3n) is 6.51. The maximum absolute atomic E-state index is 12.2. The molecule has 1 saturated heterocycles. The van der Waals surface area contributed by atoms with E-state index in [9.17, 15) is 14.7 Å². The van der Waals surface area contributed by atoms with Crippen LogP contribution in [-0.4, -0.2) is 56.7 Å². The number of likely N-dealkylation sites (tertiary alicyclic amines) is 1. The van der Waals surface area contributed by atoms with Crippen molar-refractivity contribution in [3.05, 3.63) is 90.9 Å². The first-order chi connectivity index (χ1) is 18.4. The number of para-hydroxylation sites is 1. The molecule has 0 aliphatic carbocycles. The van der Waals surface area contributed by atoms with E-state index in [1.807, 2.05) is 54.6 Å². The summed E-state index contributed by atoms with van der Waals surface area (Å²) in [7, 11) is 1.54. The van der Waals surface area contributed by atoms with E-state index in [2.05, 4.69) is 16.7 Å². The maximum Gasteiger partial charge on any atom is 0.328 e. The summed E-state index contributed by atoms with van der Waals surface area (Å²) in [6.07, 6.45) is 5.11. The lowest BCUT2D eigenvalue weighted by atomic mass is 9.85. The number of carbonyl (C=O) groups is 2. The van der Waals surface area contributed by atoms with Crippen molar-refractivity contribution in [2.45, 2.75) is 5.60 Å². The number of aliphatic carboxylic acids is 1. The van der Waals surface area contributed by atoms with Crippen LogP contribution in [0.5, 0.6) is 11.5 Å². The van der Waals surface area contributed by atoms with Crippen molar-refractivity contribution in [1.29, 1.82) is 0 Å². The van der Waals surface area contributed by atoms with Crippen molar-refractivity contribution in [3.8, 4) is 22.6 Å². The average Bonchev–Trinajstić information content (AvgIpc) is 3.24. The summed E-state index contributed by atoms with van der Waals surface area (Å²) in [4.78, 5) is 29.6. The Morgan fingerprint density at radius 3 is 2.42 bits per heavy atom. The number of rotatable bonds is 8. The standard InChI is InChI=1S/C28H25N5O5/c1-3-22(34)32-15-28(16-32,37-2)26-21(13-14-23(35)36)24(25-27(29)30-17-31-33(25)26)18-9-11-20(12-10-18)38-19-7-5-4-6-8-19/h3-14,17H,1,15-16H2,2H3,(H,35,36)(H2,29,30,31)/b14-13+. The molecule has 0 atom stereocenters. The fraction of sp³-hybridized carbons (Fsp3) is 0.143. The first kappa shape index (κ1) is 24.7. The van der Waals surface area contributed by atoms with Gasteiger partial charge in [0.1, 0.15) is 28.9 Å². The van der Waals surface area contributed by atoms with Crippen LogP contribution in [0.25, 0.3) is 22.7 Å². The first-order valence-corrected chi connectivity index (χ1v) is 11.7. The molecule has 3 N–H and O–H groups in total. The predicted molar refractivity (Wildman–Crippen MR) is 141 cm³/mol. The molecule has 1 aliphatic rings. The Morgan fingerprint density at radius 2 is 1.79 bits per heavy atom. The summed E-state index contributed by atoms with van der Waals surface area (Å²) in [5, 5.41) is 13.9. The number of amides is 1. The van der Waals surface area contributed by atoms with Crippen molar-refractivity contribution < 1.29 is 24.2 Å². The summed E-state index contributed by atoms with van der Waals surface area (Å²) >= 11 is 0. The number of nitrogens with zero attached hydrogens (tertiary/aromatic N) is 4. The van der Waals surface area contributed by atoms with Crippen LogP contribution in [0.15, 0.2) is 79.7 Å². The third kappa shape index (κ3) is 4.27. The Kier molecular flexibility index (Phi) is 6.39. The molecular formula is C28H25N5O5. The molecule has 0 saturated carbocycles. The van der Waals surface area contributed by atoms with Crippen molar-refractivity contribution >= 4 is 29.3 Å². The van der Waals surface area contributed by atoms with Gasteiger partial charge in [-0.15, -0.1) is 0 Å². The lowest BCUT2D eigenvalue weighted by Crippen LogP contribution is -2.62. The van der Waals surface area contributed by atoms with Crippen molar-refractivity contribution in [2.24, 2.45) is 0 Å². The number of benzene rings is 2. The molecule has 1 aliphatic heterocycles. The highest BCUT2D eigenvalue weighted by Gasteiger charge is 2.50. The first-order valence-electron chi connectivity index (χ1n) is 11.7. The van der Waals surface area contributed by atoms with E-state index < -0.39 is 11.6 Å². The smallest absolute Gasteiger partial charge is 0.328 e. The van der Waals surface area contributed by atoms with Gasteiger partial charge in [-0.2, -0.15) is 5.10 Å². The fourth-order valence-corrected chi connectivity index (χ4v) is 4.72. The largest absolute Gasteiger partial charge is 0.478 e. The van der Waals surface area contributed by atoms with Gasteiger partial charge in [0.15, 0.2) is 5.82 Å². The van der Waals surface area contributed by atoms with Gasteiger partial charge in [0.05, 0.1) is 18.8 Å². The van der Waals surface area contributed by atoms with Gasteiger partial charge < -0.3 is 25.2 Å². The Labute approximate surface area is 218 Å². The summed E-state index contributed by atoms with van der Waals surface area (Å²) in [6, 6.07) is 16.7. The minimum Gasteiger partial charge on any atom is -0.478 e. The molecule has 5 rings (SSSR count). The van der Waals surface area contributed by atoms with E-state index >= 15 is 0 Å². The minimum absolute atomic E-state index is 0.209. The second-order valence-corrected chi connectivity index (χ2v) is 8.75. The second-order valence-electron chi connectivity index (χ2n) is 8.75. The van der Waals surface area contributed by atoms with Gasteiger partial charge in [0, 0.05) is 24.3 Å². The molecule has 0 spiro atoms. The maximum atomic E-state index is 12.2. The molecule has 0 radical (unpaired) electrons. The lowest BCUT2D eigenvalue weighted by Gasteiger charge is -2.48. The topological polar surface area (TPSA) is 132 Å². The zero-order valence-corrected chi connectivity index (χ0v) is 20.6. The molecule has 2 aromatic carbocycles. The monoisotopic (exact) mass is 511 g/mol. The fourth-order valence-electron chi connectivity index (χ4n) is 4.72. The van der Waals surface area contributed by atoms with E-state index in [4.69, 9.17) is 15.2 Å². The van der Waals surface area contributed by atoms with Crippen LogP contribution in [0.1, 0.15) is 11.3 Å². The average molecular weight is 512 g/mol. The molecule has 10 heteroatoms. The van der Waals surface area contributed by atoms with E-state index in [0.717, 1.165) is 11.6 Å². The van der Waals surface area contributed by atoms with Crippen LogP contribution >= 0.6 is 0 Å². The Bertz CT molecular complexity index is 1550. The number of hydrogen-bond acceptors (Lipinski definition) is 7. The molecule has 0 bridgehead atoms. The molecule has 1 amide bonds. The van der Waals surface area contributed by atoms with Gasteiger partial charge in [-0.05, 0) is 42.0 Å². The van der Waals surface area contributed by atoms with Gasteiger partial charge in [0.25, 0.3) is 0 Å². The van der Waals surface area contributed by atoms with Crippen LogP contribution < -0.4 is 10.5 Å². The SMILES string of the molecule is C=CC(=O)N1CC(OC)(c2c(/C=C/C(=O)O)c(-c3ccc(Oc4ccccc4)cc3)c3c(N)ncnn23)C1. The lowest BCUT2D eigenvalue weighted by molar-refractivity contribution is -0.161. The number of anilines is 1. The molecule has 2 aromatic heterocycles. The second kappa shape index (κ2) is 9.83. The predicted octanol–water partition coefficient (Wildman–Crippen LogP) is 3.74. The molecule has 38 heavy (non-hydrogen) atoms. The van der Waals surface area contributed by atoms with Crippen molar-refractivity contribution in [1.82, 2.24) is 19.5 Å². The molecule has 0 unspecified atom stereocenters. The highest BCUT2D eigenvalue weighted by Crippen LogP contribution is 2.45. The summed E-state index contributed by atoms with van der Waals surface area (Å²) in [5.74, 6) is 0.183. The van der Waals surface area contributed by atoms with Crippen LogP contribution in [0, 0.1) is 0 Å². The highest BCUT2D eigenvalue weighted by molar-refractivity contribution is 5.98. The molecule has 4 aromatic rings. The van der Waals surface area contributed by atoms with Gasteiger partial charge in [-0.25, -0.2) is 14.3 Å². The van der Waals surface area contributed by atoms with Crippen LogP contribution in [0.4, 0.5) is 5.82 Å². The van der Waals surface area contributed by atoms with Gasteiger partial charge >= 0.3 is 5.97 Å². The number of methoxy groups -OCH3 is 1. The summed E-state index contributed by atoms with van der Waals surface area (Å²) in [5.41, 5.74) is 8.36. The summed E-state index contributed by atoms with van der Waals surface area (Å²) in [6.45, 7) is 4.00. The third-order valence-corrected chi connectivity index (χ3v) is 6.51. The number of fused-ring (bicyclic) bond motifs is 1. The van der Waals surface area contributed by atoms with E-state index in [-0.39, 0.29) is 24.8 Å². The molecule has 3 heterocycles. The Morgan fingerprint density at radius 1 is 1.11 bits per heavy atom. The zero-order chi connectivity index (χ0) is 26.9. The highest BCUT2D eigenvalue weighted by atomic mass is 16.5. The number of nitrogen functional groups attached to an aromatic ring is 1. The van der Waals surface area contributed by atoms with Crippen LogP contribution in [0.2, 0.25) is 0 Å². The van der Waals surface area contributed by atoms with E-state index in [0.29, 0.717) is 33.8 Å². The Balaban J connectivity index is 1.68. The van der Waals surface area contributed by atoms with Gasteiger partial charge in [-0.3, -0.25) is 4.79 Å². The normalized spacial score (nSPS) is 14.4. The minimum atomic E-state index is -1.12. The number of aromatic nitrogens is 3. The zero-order valence-electron chi connectivity index (χ0n) is 20.6. The van der Waals surface area contributed by atoms with Gasteiger partial charge in [0.2, 0.25) is 5.91 Å². The number of nitrogens with two attached hydrogens (primary N) is 1. The quantitative estimate of drug-likeness (QED) is 0.342.